The SMILES string of the molecule is CCn1c(=O)[nH]c2cc(CN3CCN(c4cc(C)c(C(=O)NC)nc4C)CC3)ccc2c1=O. The highest BCUT2D eigenvalue weighted by molar-refractivity contribution is 5.94. The van der Waals surface area contributed by atoms with Gasteiger partial charge in [-0.25, -0.2) is 9.78 Å². The number of aromatic nitrogens is 3. The van der Waals surface area contributed by atoms with E-state index in [2.05, 4.69) is 25.1 Å². The van der Waals surface area contributed by atoms with Crippen molar-refractivity contribution in [2.75, 3.05) is 38.1 Å². The van der Waals surface area contributed by atoms with Gasteiger partial charge in [-0.3, -0.25) is 19.1 Å². The number of hydrogen-bond acceptors (Lipinski definition) is 6. The maximum absolute atomic E-state index is 12.5. The third kappa shape index (κ3) is 4.41. The van der Waals surface area contributed by atoms with Crippen LogP contribution in [0.5, 0.6) is 0 Å². The molecule has 1 aliphatic rings. The number of pyridine rings is 1. The molecule has 1 aliphatic heterocycles. The number of rotatable bonds is 5. The molecule has 0 radical (unpaired) electrons. The van der Waals surface area contributed by atoms with E-state index >= 15 is 0 Å². The molecule has 9 nitrogen and oxygen atoms in total. The largest absolute Gasteiger partial charge is 0.367 e. The maximum Gasteiger partial charge on any atom is 0.328 e. The number of H-pyrrole nitrogens is 1. The molecule has 9 heteroatoms. The van der Waals surface area contributed by atoms with Crippen LogP contribution in [0.15, 0.2) is 33.9 Å². The van der Waals surface area contributed by atoms with Crippen molar-refractivity contribution >= 4 is 22.5 Å². The Morgan fingerprint density at radius 2 is 1.85 bits per heavy atom. The number of nitrogens with one attached hydrogen (secondary N) is 2. The minimum atomic E-state index is -0.373. The summed E-state index contributed by atoms with van der Waals surface area (Å²) >= 11 is 0. The van der Waals surface area contributed by atoms with Crippen LogP contribution in [0.3, 0.4) is 0 Å². The molecule has 0 spiro atoms. The summed E-state index contributed by atoms with van der Waals surface area (Å²) in [4.78, 5) is 48.7. The van der Waals surface area contributed by atoms with E-state index in [1.807, 2.05) is 32.0 Å². The summed E-state index contributed by atoms with van der Waals surface area (Å²) in [5.74, 6) is -0.169. The average Bonchev–Trinajstić information content (AvgIpc) is 2.80. The highest BCUT2D eigenvalue weighted by Crippen LogP contribution is 2.24. The van der Waals surface area contributed by atoms with Crippen molar-refractivity contribution in [1.29, 1.82) is 0 Å². The number of carbonyl (C=O) groups is 1. The maximum atomic E-state index is 12.5. The van der Waals surface area contributed by atoms with Crippen LogP contribution in [0.1, 0.15) is 34.2 Å². The molecule has 33 heavy (non-hydrogen) atoms. The molecule has 0 bridgehead atoms. The van der Waals surface area contributed by atoms with Crippen molar-refractivity contribution in [2.24, 2.45) is 0 Å². The van der Waals surface area contributed by atoms with Gasteiger partial charge in [-0.05, 0) is 50.1 Å². The van der Waals surface area contributed by atoms with Crippen LogP contribution >= 0.6 is 0 Å². The highest BCUT2D eigenvalue weighted by atomic mass is 16.2. The van der Waals surface area contributed by atoms with Gasteiger partial charge in [0.05, 0.1) is 22.3 Å². The minimum absolute atomic E-state index is 0.169. The summed E-state index contributed by atoms with van der Waals surface area (Å²) < 4.78 is 1.21. The standard InChI is InChI=1S/C24H30N6O3/c1-5-30-23(32)18-7-6-17(13-19(18)27-24(30)33)14-28-8-10-29(11-9-28)20-12-15(2)21(22(31)25-4)26-16(20)3/h6-7,12-13H,5,8-11,14H2,1-4H3,(H,25,31)(H,27,33). The van der Waals surface area contributed by atoms with E-state index in [1.165, 1.54) is 4.57 Å². The molecule has 1 amide bonds. The molecule has 2 N–H and O–H groups in total. The van der Waals surface area contributed by atoms with E-state index in [0.29, 0.717) is 23.1 Å². The fraction of sp³-hybridized carbons (Fsp3) is 0.417. The van der Waals surface area contributed by atoms with Crippen molar-refractivity contribution in [3.63, 3.8) is 0 Å². The molecule has 0 atom stereocenters. The van der Waals surface area contributed by atoms with Crippen LogP contribution < -0.4 is 21.5 Å². The first-order valence-corrected chi connectivity index (χ1v) is 11.3. The van der Waals surface area contributed by atoms with E-state index < -0.39 is 0 Å². The van der Waals surface area contributed by atoms with Gasteiger partial charge < -0.3 is 15.2 Å². The summed E-state index contributed by atoms with van der Waals surface area (Å²) in [7, 11) is 1.61. The van der Waals surface area contributed by atoms with Crippen LogP contribution in [0, 0.1) is 13.8 Å². The number of hydrogen-bond donors (Lipinski definition) is 2. The second-order valence-electron chi connectivity index (χ2n) is 8.46. The van der Waals surface area contributed by atoms with Crippen molar-refractivity contribution < 1.29 is 4.79 Å². The number of nitrogens with zero attached hydrogens (tertiary/aromatic N) is 4. The zero-order valence-electron chi connectivity index (χ0n) is 19.6. The minimum Gasteiger partial charge on any atom is -0.367 e. The summed E-state index contributed by atoms with van der Waals surface area (Å²) in [5.41, 5.74) is 4.27. The molecular formula is C24H30N6O3. The second-order valence-corrected chi connectivity index (χ2v) is 8.46. The van der Waals surface area contributed by atoms with Crippen molar-refractivity contribution in [1.82, 2.24) is 24.8 Å². The molecule has 174 valence electrons. The Labute approximate surface area is 192 Å². The van der Waals surface area contributed by atoms with Gasteiger partial charge in [-0.2, -0.15) is 0 Å². The molecule has 4 rings (SSSR count). The third-order valence-electron chi connectivity index (χ3n) is 6.30. The lowest BCUT2D eigenvalue weighted by molar-refractivity contribution is 0.0957. The Balaban J connectivity index is 1.46. The lowest BCUT2D eigenvalue weighted by Gasteiger charge is -2.36. The molecule has 0 saturated carbocycles. The van der Waals surface area contributed by atoms with Gasteiger partial charge in [0, 0.05) is 46.3 Å². The predicted molar refractivity (Wildman–Crippen MR) is 129 cm³/mol. The normalized spacial score (nSPS) is 14.6. The molecule has 2 aromatic heterocycles. The fourth-order valence-corrected chi connectivity index (χ4v) is 4.45. The van der Waals surface area contributed by atoms with E-state index in [-0.39, 0.29) is 17.2 Å². The van der Waals surface area contributed by atoms with Crippen molar-refractivity contribution in [3.8, 4) is 0 Å². The Hall–Kier alpha value is -3.46. The number of carbonyl (C=O) groups excluding carboxylic acids is 1. The lowest BCUT2D eigenvalue weighted by Crippen LogP contribution is -2.46. The molecular weight excluding hydrogens is 420 g/mol. The average molecular weight is 451 g/mol. The second kappa shape index (κ2) is 9.19. The van der Waals surface area contributed by atoms with Gasteiger partial charge in [0.1, 0.15) is 5.69 Å². The zero-order chi connectivity index (χ0) is 23.7. The van der Waals surface area contributed by atoms with E-state index in [9.17, 15) is 14.4 Å². The van der Waals surface area contributed by atoms with E-state index in [4.69, 9.17) is 0 Å². The summed E-state index contributed by atoms with van der Waals surface area (Å²) in [6.07, 6.45) is 0. The Bertz CT molecular complexity index is 1320. The summed E-state index contributed by atoms with van der Waals surface area (Å²) in [6.45, 7) is 10.2. The van der Waals surface area contributed by atoms with Gasteiger partial charge in [0.25, 0.3) is 11.5 Å². The number of aryl methyl sites for hydroxylation is 2. The number of anilines is 1. The molecule has 0 unspecified atom stereocenters. The first-order valence-electron chi connectivity index (χ1n) is 11.3. The molecule has 1 saturated heterocycles. The first kappa shape index (κ1) is 22.7. The topological polar surface area (TPSA) is 103 Å². The highest BCUT2D eigenvalue weighted by Gasteiger charge is 2.21. The van der Waals surface area contributed by atoms with Crippen molar-refractivity contribution in [3.05, 3.63) is 67.6 Å². The van der Waals surface area contributed by atoms with Gasteiger partial charge in [0.15, 0.2) is 0 Å². The monoisotopic (exact) mass is 450 g/mol. The summed E-state index contributed by atoms with van der Waals surface area (Å²) in [5, 5.41) is 3.17. The number of aromatic amines is 1. The quantitative estimate of drug-likeness (QED) is 0.609. The van der Waals surface area contributed by atoms with Gasteiger partial charge in [0.2, 0.25) is 0 Å². The van der Waals surface area contributed by atoms with E-state index in [0.717, 1.165) is 55.2 Å². The third-order valence-corrected chi connectivity index (χ3v) is 6.30. The molecule has 1 aromatic carbocycles. The van der Waals surface area contributed by atoms with Crippen LogP contribution in [0.2, 0.25) is 0 Å². The van der Waals surface area contributed by atoms with Gasteiger partial charge in [-0.1, -0.05) is 6.07 Å². The smallest absolute Gasteiger partial charge is 0.328 e. The predicted octanol–water partition coefficient (Wildman–Crippen LogP) is 1.40. The number of amides is 1. The van der Waals surface area contributed by atoms with Gasteiger partial charge in [-0.15, -0.1) is 0 Å². The molecule has 1 fully saturated rings. The Kier molecular flexibility index (Phi) is 6.33. The van der Waals surface area contributed by atoms with Crippen LogP contribution in [0.25, 0.3) is 10.9 Å². The van der Waals surface area contributed by atoms with Crippen LogP contribution in [-0.4, -0.2) is 58.6 Å². The first-order chi connectivity index (χ1) is 15.8. The molecule has 3 aromatic rings. The Morgan fingerprint density at radius 3 is 2.52 bits per heavy atom. The lowest BCUT2D eigenvalue weighted by atomic mass is 10.1. The van der Waals surface area contributed by atoms with Crippen LogP contribution in [-0.2, 0) is 13.1 Å². The zero-order valence-corrected chi connectivity index (χ0v) is 19.6. The summed E-state index contributed by atoms with van der Waals surface area (Å²) in [6, 6.07) is 7.71. The number of piperazine rings is 1. The number of fused-ring (bicyclic) bond motifs is 1. The van der Waals surface area contributed by atoms with Gasteiger partial charge >= 0.3 is 5.69 Å². The fourth-order valence-electron chi connectivity index (χ4n) is 4.45. The van der Waals surface area contributed by atoms with E-state index in [1.54, 1.807) is 20.0 Å². The van der Waals surface area contributed by atoms with Crippen molar-refractivity contribution in [2.45, 2.75) is 33.9 Å². The molecule has 3 heterocycles. The Morgan fingerprint density at radius 1 is 1.12 bits per heavy atom. The van der Waals surface area contributed by atoms with Crippen LogP contribution in [0.4, 0.5) is 5.69 Å². The molecule has 0 aliphatic carbocycles. The number of benzene rings is 1.